The Hall–Kier alpha value is -3.79. The van der Waals surface area contributed by atoms with Crippen molar-refractivity contribution in [1.29, 1.82) is 0 Å². The molecule has 0 saturated carbocycles. The first-order valence-electron chi connectivity index (χ1n) is 10.9. The molecule has 33 heavy (non-hydrogen) atoms. The maximum atomic E-state index is 12.7. The summed E-state index contributed by atoms with van der Waals surface area (Å²) in [6.07, 6.45) is 2.79. The highest BCUT2D eigenvalue weighted by Gasteiger charge is 2.24. The standard InChI is InChI=1S/C23H26N8O2/c1-23(2,3)22-28-20(31-33-22)21(32)27-14-6-4-5-13(11-14)16-8-10-25-18-17(16)19(30-29-18)26-15-7-9-24-12-15/h4-6,8,10-11,15,24H,7,9,12H2,1-3H3,(H,27,32)(H2,25,26,29,30). The van der Waals surface area contributed by atoms with Crippen LogP contribution < -0.4 is 16.0 Å². The third-order valence-corrected chi connectivity index (χ3v) is 5.56. The van der Waals surface area contributed by atoms with Gasteiger partial charge in [-0.05, 0) is 42.3 Å². The summed E-state index contributed by atoms with van der Waals surface area (Å²) in [5.74, 6) is 0.768. The van der Waals surface area contributed by atoms with E-state index < -0.39 is 5.91 Å². The maximum Gasteiger partial charge on any atom is 0.297 e. The fourth-order valence-corrected chi connectivity index (χ4v) is 3.84. The van der Waals surface area contributed by atoms with Crippen LogP contribution in [0.2, 0.25) is 0 Å². The number of amides is 1. The Morgan fingerprint density at radius 2 is 2.12 bits per heavy atom. The van der Waals surface area contributed by atoms with Crippen LogP contribution >= 0.6 is 0 Å². The van der Waals surface area contributed by atoms with E-state index in [9.17, 15) is 4.79 Å². The molecular weight excluding hydrogens is 420 g/mol. The van der Waals surface area contributed by atoms with Crippen molar-refractivity contribution in [3.05, 3.63) is 48.2 Å². The Labute approximate surface area is 190 Å². The lowest BCUT2D eigenvalue weighted by molar-refractivity contribution is 0.101. The van der Waals surface area contributed by atoms with Gasteiger partial charge in [-0.2, -0.15) is 10.1 Å². The van der Waals surface area contributed by atoms with Crippen LogP contribution in [0.5, 0.6) is 0 Å². The molecule has 0 aliphatic carbocycles. The second-order valence-electron chi connectivity index (χ2n) is 9.20. The number of aromatic nitrogens is 5. The predicted octanol–water partition coefficient (Wildman–Crippen LogP) is 3.33. The zero-order valence-corrected chi connectivity index (χ0v) is 18.8. The van der Waals surface area contributed by atoms with Gasteiger partial charge in [0.25, 0.3) is 11.7 Å². The minimum absolute atomic E-state index is 0.00289. The summed E-state index contributed by atoms with van der Waals surface area (Å²) in [5, 5.41) is 21.9. The van der Waals surface area contributed by atoms with Gasteiger partial charge >= 0.3 is 0 Å². The molecule has 4 aromatic rings. The quantitative estimate of drug-likeness (QED) is 0.367. The van der Waals surface area contributed by atoms with Gasteiger partial charge in [0.2, 0.25) is 5.89 Å². The van der Waals surface area contributed by atoms with Crippen molar-refractivity contribution in [3.63, 3.8) is 0 Å². The molecule has 10 heteroatoms. The lowest BCUT2D eigenvalue weighted by Gasteiger charge is -2.12. The minimum atomic E-state index is -0.425. The summed E-state index contributed by atoms with van der Waals surface area (Å²) < 4.78 is 5.24. The van der Waals surface area contributed by atoms with Crippen molar-refractivity contribution in [3.8, 4) is 11.1 Å². The van der Waals surface area contributed by atoms with Crippen molar-refractivity contribution in [2.24, 2.45) is 0 Å². The third kappa shape index (κ3) is 4.29. The monoisotopic (exact) mass is 446 g/mol. The van der Waals surface area contributed by atoms with Gasteiger partial charge in [-0.1, -0.05) is 38.1 Å². The van der Waals surface area contributed by atoms with E-state index in [0.29, 0.717) is 23.3 Å². The lowest BCUT2D eigenvalue weighted by atomic mass is 9.97. The van der Waals surface area contributed by atoms with E-state index in [2.05, 4.69) is 41.3 Å². The van der Waals surface area contributed by atoms with Gasteiger partial charge in [0, 0.05) is 29.9 Å². The van der Waals surface area contributed by atoms with Crippen LogP contribution in [0, 0.1) is 0 Å². The number of pyridine rings is 1. The van der Waals surface area contributed by atoms with Gasteiger partial charge in [-0.3, -0.25) is 9.89 Å². The topological polar surface area (TPSA) is 134 Å². The zero-order chi connectivity index (χ0) is 23.0. The van der Waals surface area contributed by atoms with Crippen LogP contribution in [-0.4, -0.2) is 50.4 Å². The van der Waals surface area contributed by atoms with Crippen molar-refractivity contribution in [1.82, 2.24) is 30.6 Å². The lowest BCUT2D eigenvalue weighted by Crippen LogP contribution is -2.22. The number of fused-ring (bicyclic) bond motifs is 1. The minimum Gasteiger partial charge on any atom is -0.364 e. The summed E-state index contributed by atoms with van der Waals surface area (Å²) in [6, 6.07) is 9.88. The average Bonchev–Trinajstić information content (AvgIpc) is 3.55. The molecule has 1 amide bonds. The Bertz CT molecular complexity index is 1300. The van der Waals surface area contributed by atoms with Crippen LogP contribution in [0.3, 0.4) is 0 Å². The van der Waals surface area contributed by atoms with Gasteiger partial charge in [-0.25, -0.2) is 4.98 Å². The number of hydrogen-bond donors (Lipinski definition) is 4. The molecule has 0 bridgehead atoms. The van der Waals surface area contributed by atoms with Crippen LogP contribution in [0.4, 0.5) is 11.5 Å². The molecular formula is C23H26N8O2. The number of carbonyl (C=O) groups excluding carboxylic acids is 1. The Kier molecular flexibility index (Phi) is 5.29. The number of carbonyl (C=O) groups is 1. The Balaban J connectivity index is 1.43. The number of anilines is 2. The highest BCUT2D eigenvalue weighted by atomic mass is 16.5. The fourth-order valence-electron chi connectivity index (χ4n) is 3.84. The molecule has 1 saturated heterocycles. The van der Waals surface area contributed by atoms with E-state index in [0.717, 1.165) is 41.8 Å². The Morgan fingerprint density at radius 3 is 2.88 bits per heavy atom. The van der Waals surface area contributed by atoms with Crippen LogP contribution in [0.15, 0.2) is 41.1 Å². The van der Waals surface area contributed by atoms with Gasteiger partial charge in [0.1, 0.15) is 0 Å². The number of aromatic amines is 1. The molecule has 0 spiro atoms. The van der Waals surface area contributed by atoms with Crippen molar-refractivity contribution < 1.29 is 9.32 Å². The van der Waals surface area contributed by atoms with E-state index in [1.165, 1.54) is 0 Å². The molecule has 4 heterocycles. The van der Waals surface area contributed by atoms with Crippen LogP contribution in [0.25, 0.3) is 22.2 Å². The number of rotatable bonds is 5. The molecule has 10 nitrogen and oxygen atoms in total. The molecule has 1 fully saturated rings. The number of benzene rings is 1. The van der Waals surface area contributed by atoms with E-state index >= 15 is 0 Å². The van der Waals surface area contributed by atoms with E-state index in [1.54, 1.807) is 6.20 Å². The summed E-state index contributed by atoms with van der Waals surface area (Å²) >= 11 is 0. The molecule has 1 aromatic carbocycles. The summed E-state index contributed by atoms with van der Waals surface area (Å²) in [4.78, 5) is 21.3. The number of hydrogen-bond acceptors (Lipinski definition) is 8. The maximum absolute atomic E-state index is 12.7. The predicted molar refractivity (Wildman–Crippen MR) is 125 cm³/mol. The molecule has 1 atom stereocenters. The molecule has 1 aliphatic heterocycles. The smallest absolute Gasteiger partial charge is 0.297 e. The zero-order valence-electron chi connectivity index (χ0n) is 18.8. The highest BCUT2D eigenvalue weighted by molar-refractivity contribution is 6.03. The number of nitrogens with one attached hydrogen (secondary N) is 4. The van der Waals surface area contributed by atoms with E-state index in [1.807, 2.05) is 51.1 Å². The first-order chi connectivity index (χ1) is 15.9. The van der Waals surface area contributed by atoms with Crippen LogP contribution in [0.1, 0.15) is 43.7 Å². The van der Waals surface area contributed by atoms with Crippen LogP contribution in [-0.2, 0) is 5.41 Å². The van der Waals surface area contributed by atoms with Gasteiger partial charge in [0.05, 0.1) is 5.39 Å². The normalized spacial score (nSPS) is 16.3. The fraction of sp³-hybridized carbons (Fsp3) is 0.348. The first-order valence-corrected chi connectivity index (χ1v) is 10.9. The molecule has 5 rings (SSSR count). The molecule has 3 aromatic heterocycles. The molecule has 4 N–H and O–H groups in total. The summed E-state index contributed by atoms with van der Waals surface area (Å²) in [5.41, 5.74) is 2.90. The molecule has 170 valence electrons. The first kappa shape index (κ1) is 21.1. The van der Waals surface area contributed by atoms with Crippen molar-refractivity contribution in [2.45, 2.75) is 38.6 Å². The van der Waals surface area contributed by atoms with Crippen molar-refractivity contribution >= 4 is 28.4 Å². The Morgan fingerprint density at radius 1 is 1.24 bits per heavy atom. The number of nitrogens with zero attached hydrogens (tertiary/aromatic N) is 4. The SMILES string of the molecule is CC(C)(C)c1nc(C(=O)Nc2cccc(-c3ccnc4[nH]nc(NC5CCNC5)c34)c2)no1. The van der Waals surface area contributed by atoms with E-state index in [-0.39, 0.29) is 11.2 Å². The second kappa shape index (κ2) is 8.28. The molecule has 1 unspecified atom stereocenters. The largest absolute Gasteiger partial charge is 0.364 e. The molecule has 0 radical (unpaired) electrons. The summed E-state index contributed by atoms with van der Waals surface area (Å²) in [6.45, 7) is 7.74. The van der Waals surface area contributed by atoms with Gasteiger partial charge < -0.3 is 20.5 Å². The second-order valence-corrected chi connectivity index (χ2v) is 9.20. The molecule has 1 aliphatic rings. The third-order valence-electron chi connectivity index (χ3n) is 5.56. The van der Waals surface area contributed by atoms with E-state index in [4.69, 9.17) is 4.52 Å². The summed E-state index contributed by atoms with van der Waals surface area (Å²) in [7, 11) is 0. The highest BCUT2D eigenvalue weighted by Crippen LogP contribution is 2.33. The van der Waals surface area contributed by atoms with Gasteiger partial charge in [0.15, 0.2) is 11.5 Å². The number of H-pyrrole nitrogens is 1. The van der Waals surface area contributed by atoms with Gasteiger partial charge in [-0.15, -0.1) is 0 Å². The van der Waals surface area contributed by atoms with Crippen molar-refractivity contribution in [2.75, 3.05) is 23.7 Å². The average molecular weight is 447 g/mol.